The summed E-state index contributed by atoms with van der Waals surface area (Å²) in [6.07, 6.45) is 5.45. The van der Waals surface area contributed by atoms with E-state index in [1.807, 2.05) is 0 Å². The third kappa shape index (κ3) is 2.81. The number of hydrogen-bond donors (Lipinski definition) is 2. The summed E-state index contributed by atoms with van der Waals surface area (Å²) >= 11 is 0. The maximum atomic E-state index is 11.0. The fourth-order valence-corrected chi connectivity index (χ4v) is 1.81. The van der Waals surface area contributed by atoms with Crippen LogP contribution < -0.4 is 0 Å². The van der Waals surface area contributed by atoms with Gasteiger partial charge in [0.15, 0.2) is 0 Å². The van der Waals surface area contributed by atoms with Crippen LogP contribution in [-0.2, 0) is 9.59 Å². The van der Waals surface area contributed by atoms with E-state index in [4.69, 9.17) is 10.2 Å². The highest BCUT2D eigenvalue weighted by molar-refractivity contribution is 5.76. The molecule has 0 aromatic heterocycles. The Bertz CT molecular complexity index is 295. The van der Waals surface area contributed by atoms with Gasteiger partial charge in [-0.1, -0.05) is 18.6 Å². The zero-order chi connectivity index (χ0) is 11.5. The number of allylic oxidation sites excluding steroid dienone is 1. The number of carbonyl (C=O) groups is 2. The minimum absolute atomic E-state index is 0.361. The molecule has 1 aliphatic carbocycles. The van der Waals surface area contributed by atoms with Crippen molar-refractivity contribution in [3.05, 3.63) is 12.2 Å². The Kier molecular flexibility index (Phi) is 3.50. The summed E-state index contributed by atoms with van der Waals surface area (Å²) in [5, 5.41) is 17.9. The summed E-state index contributed by atoms with van der Waals surface area (Å²) < 4.78 is 0. The lowest BCUT2D eigenvalue weighted by atomic mass is 9.80. The summed E-state index contributed by atoms with van der Waals surface area (Å²) in [6, 6.07) is 0. The van der Waals surface area contributed by atoms with Crippen molar-refractivity contribution in [2.24, 2.45) is 11.3 Å². The molecule has 0 fully saturated rings. The molecule has 0 aromatic carbocycles. The topological polar surface area (TPSA) is 74.6 Å². The van der Waals surface area contributed by atoms with Crippen LogP contribution in [0.3, 0.4) is 0 Å². The molecular weight excluding hydrogens is 196 g/mol. The third-order valence-electron chi connectivity index (χ3n) is 2.99. The average Bonchev–Trinajstić information content (AvgIpc) is 2.10. The molecule has 1 rings (SSSR count). The van der Waals surface area contributed by atoms with Gasteiger partial charge in [0.2, 0.25) is 0 Å². The van der Waals surface area contributed by atoms with E-state index in [1.54, 1.807) is 19.1 Å². The van der Waals surface area contributed by atoms with Crippen molar-refractivity contribution in [2.45, 2.75) is 32.6 Å². The lowest BCUT2D eigenvalue weighted by molar-refractivity contribution is -0.145. The summed E-state index contributed by atoms with van der Waals surface area (Å²) in [7, 11) is 0. The van der Waals surface area contributed by atoms with Crippen molar-refractivity contribution in [3.63, 3.8) is 0 Å². The molecule has 0 aliphatic heterocycles. The van der Waals surface area contributed by atoms with Crippen molar-refractivity contribution in [1.82, 2.24) is 0 Å². The van der Waals surface area contributed by atoms with E-state index in [9.17, 15) is 9.59 Å². The number of carboxylic acid groups (broad SMARTS) is 2. The molecular formula is C11H16O4. The highest BCUT2D eigenvalue weighted by Crippen LogP contribution is 2.31. The second kappa shape index (κ2) is 4.47. The van der Waals surface area contributed by atoms with Crippen molar-refractivity contribution in [1.29, 1.82) is 0 Å². The second-order valence-electron chi connectivity index (χ2n) is 4.29. The predicted octanol–water partition coefficient (Wildman–Crippen LogP) is 1.91. The smallest absolute Gasteiger partial charge is 0.313 e. The fourth-order valence-electron chi connectivity index (χ4n) is 1.81. The normalized spacial score (nSPS) is 33.8. The van der Waals surface area contributed by atoms with Crippen LogP contribution in [0.4, 0.5) is 0 Å². The van der Waals surface area contributed by atoms with Gasteiger partial charge >= 0.3 is 11.9 Å². The Morgan fingerprint density at radius 1 is 1.40 bits per heavy atom. The second-order valence-corrected chi connectivity index (χ2v) is 4.29. The molecule has 1 aliphatic rings. The molecule has 4 nitrogen and oxygen atoms in total. The molecule has 0 spiro atoms. The van der Waals surface area contributed by atoms with E-state index < -0.39 is 17.4 Å². The number of carboxylic acids is 2. The van der Waals surface area contributed by atoms with E-state index in [2.05, 4.69) is 0 Å². The summed E-state index contributed by atoms with van der Waals surface area (Å²) in [4.78, 5) is 21.8. The summed E-state index contributed by atoms with van der Waals surface area (Å²) in [5.74, 6) is -1.99. The van der Waals surface area contributed by atoms with Gasteiger partial charge < -0.3 is 10.2 Å². The first-order chi connectivity index (χ1) is 6.96. The van der Waals surface area contributed by atoms with Gasteiger partial charge in [-0.2, -0.15) is 0 Å². The molecule has 0 radical (unpaired) electrons. The van der Waals surface area contributed by atoms with E-state index >= 15 is 0 Å². The Hall–Kier alpha value is -1.32. The molecule has 0 saturated carbocycles. The van der Waals surface area contributed by atoms with E-state index in [0.29, 0.717) is 25.7 Å². The van der Waals surface area contributed by atoms with Crippen LogP contribution in [0.15, 0.2) is 12.2 Å². The first kappa shape index (κ1) is 11.8. The van der Waals surface area contributed by atoms with Gasteiger partial charge in [-0.05, 0) is 26.2 Å². The van der Waals surface area contributed by atoms with Crippen LogP contribution in [-0.4, -0.2) is 22.2 Å². The van der Waals surface area contributed by atoms with Crippen LogP contribution in [0.1, 0.15) is 32.6 Å². The van der Waals surface area contributed by atoms with E-state index in [1.165, 1.54) is 0 Å². The number of rotatable bonds is 2. The van der Waals surface area contributed by atoms with Crippen LogP contribution in [0.5, 0.6) is 0 Å². The Morgan fingerprint density at radius 3 is 2.60 bits per heavy atom. The van der Waals surface area contributed by atoms with Gasteiger partial charge in [0.1, 0.15) is 0 Å². The van der Waals surface area contributed by atoms with Crippen molar-refractivity contribution >= 4 is 11.9 Å². The minimum Gasteiger partial charge on any atom is -0.481 e. The molecule has 2 N–H and O–H groups in total. The number of aliphatic carboxylic acids is 2. The van der Waals surface area contributed by atoms with Gasteiger partial charge in [-0.15, -0.1) is 0 Å². The van der Waals surface area contributed by atoms with Crippen molar-refractivity contribution in [3.8, 4) is 0 Å². The first-order valence-corrected chi connectivity index (χ1v) is 5.09. The monoisotopic (exact) mass is 212 g/mol. The fraction of sp³-hybridized carbons (Fsp3) is 0.636. The zero-order valence-electron chi connectivity index (χ0n) is 8.77. The SMILES string of the molecule is CC1(C(=O)O)/C=C/CC(C(=O)O)CCC1. The average molecular weight is 212 g/mol. The lowest BCUT2D eigenvalue weighted by Crippen LogP contribution is -2.27. The Balaban J connectivity index is 2.74. The molecule has 2 atom stereocenters. The van der Waals surface area contributed by atoms with E-state index in [0.717, 1.165) is 0 Å². The highest BCUT2D eigenvalue weighted by Gasteiger charge is 2.31. The molecule has 4 heteroatoms. The number of hydrogen-bond acceptors (Lipinski definition) is 2. The van der Waals surface area contributed by atoms with Gasteiger partial charge in [-0.3, -0.25) is 9.59 Å². The minimum atomic E-state index is -0.840. The Morgan fingerprint density at radius 2 is 2.07 bits per heavy atom. The lowest BCUT2D eigenvalue weighted by Gasteiger charge is -2.24. The van der Waals surface area contributed by atoms with Crippen LogP contribution in [0.2, 0.25) is 0 Å². The van der Waals surface area contributed by atoms with Gasteiger partial charge in [0.05, 0.1) is 11.3 Å². The Labute approximate surface area is 88.6 Å². The standard InChI is InChI=1S/C11H16O4/c1-11(10(14)15)6-2-4-8(9(12)13)5-3-7-11/h2,6,8H,3-5,7H2,1H3,(H,12,13)(H,14,15)/b6-2+. The van der Waals surface area contributed by atoms with Gasteiger partial charge in [0, 0.05) is 0 Å². The van der Waals surface area contributed by atoms with Crippen LogP contribution >= 0.6 is 0 Å². The molecule has 0 aromatic rings. The van der Waals surface area contributed by atoms with Crippen molar-refractivity contribution < 1.29 is 19.8 Å². The van der Waals surface area contributed by atoms with Gasteiger partial charge in [0.25, 0.3) is 0 Å². The first-order valence-electron chi connectivity index (χ1n) is 5.09. The van der Waals surface area contributed by atoms with Crippen LogP contribution in [0.25, 0.3) is 0 Å². The third-order valence-corrected chi connectivity index (χ3v) is 2.99. The molecule has 0 bridgehead atoms. The molecule has 15 heavy (non-hydrogen) atoms. The maximum Gasteiger partial charge on any atom is 0.313 e. The predicted molar refractivity (Wildman–Crippen MR) is 54.5 cm³/mol. The van der Waals surface area contributed by atoms with E-state index in [-0.39, 0.29) is 5.92 Å². The van der Waals surface area contributed by atoms with Crippen molar-refractivity contribution in [2.75, 3.05) is 0 Å². The molecule has 0 saturated heterocycles. The molecule has 0 heterocycles. The highest BCUT2D eigenvalue weighted by atomic mass is 16.4. The maximum absolute atomic E-state index is 11.0. The quantitative estimate of drug-likeness (QED) is 0.685. The molecule has 84 valence electrons. The van der Waals surface area contributed by atoms with Gasteiger partial charge in [-0.25, -0.2) is 0 Å². The summed E-state index contributed by atoms with van der Waals surface area (Å²) in [6.45, 7) is 1.67. The molecule has 0 amide bonds. The van der Waals surface area contributed by atoms with Crippen LogP contribution in [0, 0.1) is 11.3 Å². The zero-order valence-corrected chi connectivity index (χ0v) is 8.77. The molecule has 2 unspecified atom stereocenters. The largest absolute Gasteiger partial charge is 0.481 e. The summed E-state index contributed by atoms with van der Waals surface area (Å²) in [5.41, 5.74) is -0.830.